The second kappa shape index (κ2) is 13.6. The molecule has 126 valence electrons. The van der Waals surface area contributed by atoms with E-state index < -0.39 is 0 Å². The highest BCUT2D eigenvalue weighted by atomic mass is 127. The maximum atomic E-state index is 9.43. The monoisotopic (exact) mass is 412 g/mol. The molecular weight excluding hydrogens is 379 g/mol. The van der Waals surface area contributed by atoms with E-state index in [4.69, 9.17) is 5.73 Å². The van der Waals surface area contributed by atoms with Gasteiger partial charge in [-0.2, -0.15) is 0 Å². The number of piperidine rings is 1. The van der Waals surface area contributed by atoms with E-state index in [0.29, 0.717) is 5.96 Å². The van der Waals surface area contributed by atoms with Crippen LogP contribution in [0.3, 0.4) is 0 Å². The van der Waals surface area contributed by atoms with Crippen molar-refractivity contribution >= 4 is 29.9 Å². The highest BCUT2D eigenvalue weighted by molar-refractivity contribution is 14.0. The molecule has 0 unspecified atom stereocenters. The van der Waals surface area contributed by atoms with Gasteiger partial charge in [0.2, 0.25) is 0 Å². The SMILES string of the molecule is CCCCCCNC(N)=NCCCN1CCC(O)CC1.I. The molecule has 6 heteroatoms. The van der Waals surface area contributed by atoms with Crippen molar-refractivity contribution in [2.24, 2.45) is 10.7 Å². The number of aliphatic hydroxyl groups is 1. The predicted octanol–water partition coefficient (Wildman–Crippen LogP) is 1.94. The van der Waals surface area contributed by atoms with Crippen molar-refractivity contribution in [1.82, 2.24) is 10.2 Å². The third-order valence-electron chi connectivity index (χ3n) is 3.81. The van der Waals surface area contributed by atoms with Crippen molar-refractivity contribution in [3.63, 3.8) is 0 Å². The zero-order valence-corrected chi connectivity index (χ0v) is 15.7. The Morgan fingerprint density at radius 3 is 2.62 bits per heavy atom. The van der Waals surface area contributed by atoms with Crippen molar-refractivity contribution in [3.05, 3.63) is 0 Å². The first-order valence-corrected chi connectivity index (χ1v) is 8.16. The van der Waals surface area contributed by atoms with E-state index >= 15 is 0 Å². The number of hydrogen-bond donors (Lipinski definition) is 3. The summed E-state index contributed by atoms with van der Waals surface area (Å²) in [6.07, 6.45) is 7.75. The van der Waals surface area contributed by atoms with Crippen LogP contribution in [0.5, 0.6) is 0 Å². The Morgan fingerprint density at radius 2 is 1.95 bits per heavy atom. The fraction of sp³-hybridized carbons (Fsp3) is 0.933. The van der Waals surface area contributed by atoms with Gasteiger partial charge in [-0.3, -0.25) is 4.99 Å². The predicted molar refractivity (Wildman–Crippen MR) is 100 cm³/mol. The van der Waals surface area contributed by atoms with Gasteiger partial charge in [0.25, 0.3) is 0 Å². The van der Waals surface area contributed by atoms with Crippen LogP contribution in [0.25, 0.3) is 0 Å². The number of guanidine groups is 1. The summed E-state index contributed by atoms with van der Waals surface area (Å²) >= 11 is 0. The van der Waals surface area contributed by atoms with Crippen LogP contribution in [-0.2, 0) is 0 Å². The Morgan fingerprint density at radius 1 is 1.24 bits per heavy atom. The summed E-state index contributed by atoms with van der Waals surface area (Å²) in [7, 11) is 0. The number of halogens is 1. The first kappa shape index (κ1) is 20.9. The fourth-order valence-corrected chi connectivity index (χ4v) is 2.46. The van der Waals surface area contributed by atoms with Crippen molar-refractivity contribution in [2.45, 2.75) is 58.0 Å². The summed E-state index contributed by atoms with van der Waals surface area (Å²) in [6, 6.07) is 0. The summed E-state index contributed by atoms with van der Waals surface area (Å²) in [6.45, 7) is 7.00. The molecule has 0 aliphatic carbocycles. The number of unbranched alkanes of at least 4 members (excludes halogenated alkanes) is 3. The van der Waals surface area contributed by atoms with Gasteiger partial charge in [0, 0.05) is 26.2 Å². The third-order valence-corrected chi connectivity index (χ3v) is 3.81. The molecule has 0 atom stereocenters. The van der Waals surface area contributed by atoms with Crippen LogP contribution in [-0.4, -0.2) is 54.8 Å². The molecule has 0 saturated carbocycles. The molecule has 0 radical (unpaired) electrons. The highest BCUT2D eigenvalue weighted by Crippen LogP contribution is 2.09. The first-order chi connectivity index (χ1) is 9.72. The van der Waals surface area contributed by atoms with Gasteiger partial charge >= 0.3 is 0 Å². The smallest absolute Gasteiger partial charge is 0.188 e. The van der Waals surface area contributed by atoms with Crippen LogP contribution in [0.2, 0.25) is 0 Å². The number of likely N-dealkylation sites (tertiary alicyclic amines) is 1. The van der Waals surface area contributed by atoms with Gasteiger partial charge in [-0.1, -0.05) is 26.2 Å². The lowest BCUT2D eigenvalue weighted by Gasteiger charge is -2.29. The van der Waals surface area contributed by atoms with E-state index in [-0.39, 0.29) is 30.1 Å². The molecule has 1 saturated heterocycles. The summed E-state index contributed by atoms with van der Waals surface area (Å²) in [5.74, 6) is 0.579. The lowest BCUT2D eigenvalue weighted by atomic mass is 10.1. The van der Waals surface area contributed by atoms with E-state index in [0.717, 1.165) is 52.0 Å². The Hall–Kier alpha value is -0.0800. The Kier molecular flexibility index (Phi) is 13.5. The van der Waals surface area contributed by atoms with Crippen LogP contribution in [0.1, 0.15) is 51.9 Å². The minimum absolute atomic E-state index is 0. The average molecular weight is 412 g/mol. The fourth-order valence-electron chi connectivity index (χ4n) is 2.46. The number of nitrogens with zero attached hydrogens (tertiary/aromatic N) is 2. The second-order valence-electron chi connectivity index (χ2n) is 5.68. The number of nitrogens with two attached hydrogens (primary N) is 1. The zero-order valence-electron chi connectivity index (χ0n) is 13.4. The topological polar surface area (TPSA) is 73.9 Å². The van der Waals surface area contributed by atoms with Crippen molar-refractivity contribution in [1.29, 1.82) is 0 Å². The van der Waals surface area contributed by atoms with Crippen LogP contribution in [0, 0.1) is 0 Å². The molecule has 0 bridgehead atoms. The van der Waals surface area contributed by atoms with Gasteiger partial charge < -0.3 is 21.1 Å². The maximum absolute atomic E-state index is 9.43. The molecule has 21 heavy (non-hydrogen) atoms. The summed E-state index contributed by atoms with van der Waals surface area (Å²) in [5, 5.41) is 12.6. The zero-order chi connectivity index (χ0) is 14.6. The molecule has 0 aromatic rings. The quantitative estimate of drug-likeness (QED) is 0.234. The number of nitrogens with one attached hydrogen (secondary N) is 1. The van der Waals surface area contributed by atoms with E-state index in [1.54, 1.807) is 0 Å². The number of hydrogen-bond acceptors (Lipinski definition) is 3. The Labute approximate surface area is 146 Å². The van der Waals surface area contributed by atoms with Crippen LogP contribution >= 0.6 is 24.0 Å². The molecular formula is C15H33IN4O. The van der Waals surface area contributed by atoms with Gasteiger partial charge in [-0.05, 0) is 32.2 Å². The average Bonchev–Trinajstić information content (AvgIpc) is 2.45. The number of rotatable bonds is 9. The van der Waals surface area contributed by atoms with E-state index in [9.17, 15) is 5.11 Å². The van der Waals surface area contributed by atoms with Gasteiger partial charge in [-0.15, -0.1) is 24.0 Å². The molecule has 1 aliphatic heterocycles. The lowest BCUT2D eigenvalue weighted by Crippen LogP contribution is -2.36. The minimum atomic E-state index is -0.0863. The Bertz CT molecular complexity index is 268. The summed E-state index contributed by atoms with van der Waals surface area (Å²) in [5.41, 5.74) is 5.82. The first-order valence-electron chi connectivity index (χ1n) is 8.16. The molecule has 4 N–H and O–H groups in total. The normalized spacial score (nSPS) is 17.5. The number of aliphatic hydroxyl groups excluding tert-OH is 1. The van der Waals surface area contributed by atoms with Crippen molar-refractivity contribution < 1.29 is 5.11 Å². The van der Waals surface area contributed by atoms with Crippen LogP contribution in [0.4, 0.5) is 0 Å². The van der Waals surface area contributed by atoms with E-state index in [1.807, 2.05) is 0 Å². The molecule has 0 aromatic heterocycles. The lowest BCUT2D eigenvalue weighted by molar-refractivity contribution is 0.0824. The largest absolute Gasteiger partial charge is 0.393 e. The van der Waals surface area contributed by atoms with Crippen LogP contribution in [0.15, 0.2) is 4.99 Å². The molecule has 5 nitrogen and oxygen atoms in total. The van der Waals surface area contributed by atoms with Crippen molar-refractivity contribution in [3.8, 4) is 0 Å². The third kappa shape index (κ3) is 11.2. The van der Waals surface area contributed by atoms with Gasteiger partial charge in [-0.25, -0.2) is 0 Å². The second-order valence-corrected chi connectivity index (χ2v) is 5.68. The molecule has 1 heterocycles. The molecule has 0 spiro atoms. The molecule has 1 aliphatic rings. The maximum Gasteiger partial charge on any atom is 0.188 e. The highest BCUT2D eigenvalue weighted by Gasteiger charge is 2.15. The van der Waals surface area contributed by atoms with Crippen LogP contribution < -0.4 is 11.1 Å². The molecule has 0 aromatic carbocycles. The minimum Gasteiger partial charge on any atom is -0.393 e. The van der Waals surface area contributed by atoms with E-state index in [2.05, 4.69) is 22.1 Å². The number of aliphatic imine (C=N–C) groups is 1. The Balaban J connectivity index is 0.00000400. The van der Waals surface area contributed by atoms with Crippen molar-refractivity contribution in [2.75, 3.05) is 32.7 Å². The summed E-state index contributed by atoms with van der Waals surface area (Å²) in [4.78, 5) is 6.75. The van der Waals surface area contributed by atoms with Gasteiger partial charge in [0.05, 0.1) is 6.10 Å². The summed E-state index contributed by atoms with van der Waals surface area (Å²) < 4.78 is 0. The molecule has 1 rings (SSSR count). The standard InChI is InChI=1S/C15H32N4O.HI/c1-2-3-4-5-9-17-15(16)18-10-6-11-19-12-7-14(20)8-13-19;/h14,20H,2-13H2,1H3,(H3,16,17,18);1H. The van der Waals surface area contributed by atoms with Gasteiger partial charge in [0.1, 0.15) is 0 Å². The molecule has 0 amide bonds. The van der Waals surface area contributed by atoms with E-state index in [1.165, 1.54) is 25.7 Å². The van der Waals surface area contributed by atoms with Gasteiger partial charge in [0.15, 0.2) is 5.96 Å². The molecule has 1 fully saturated rings.